The third kappa shape index (κ3) is 3.40. The highest BCUT2D eigenvalue weighted by Gasteiger charge is 2.31. The lowest BCUT2D eigenvalue weighted by Crippen LogP contribution is -2.20. The quantitative estimate of drug-likeness (QED) is 0.459. The molecule has 0 aliphatic heterocycles. The van der Waals surface area contributed by atoms with Gasteiger partial charge in [-0.25, -0.2) is 0 Å². The van der Waals surface area contributed by atoms with Gasteiger partial charge in [0, 0.05) is 17.1 Å². The van der Waals surface area contributed by atoms with Crippen LogP contribution in [0.2, 0.25) is 0 Å². The van der Waals surface area contributed by atoms with Crippen molar-refractivity contribution in [2.75, 3.05) is 0 Å². The van der Waals surface area contributed by atoms with Gasteiger partial charge in [-0.3, -0.25) is 4.98 Å². The largest absolute Gasteiger partial charge is 0.256 e. The monoisotopic (exact) mass is 357 g/mol. The van der Waals surface area contributed by atoms with Crippen LogP contribution >= 0.6 is 0 Å². The molecule has 0 saturated carbocycles. The predicted molar refractivity (Wildman–Crippen MR) is 116 cm³/mol. The van der Waals surface area contributed by atoms with Crippen molar-refractivity contribution in [3.05, 3.63) is 65.4 Å². The number of aromatic nitrogens is 1. The van der Waals surface area contributed by atoms with Crippen LogP contribution in [0.3, 0.4) is 0 Å². The summed E-state index contributed by atoms with van der Waals surface area (Å²) in [5.41, 5.74) is 7.24. The minimum Gasteiger partial charge on any atom is -0.256 e. The third-order valence-electron chi connectivity index (χ3n) is 6.23. The SMILES string of the molecule is CC(C)(C)c1cccc2cnc(-c3ccc4c(c3)CC(C(C)(C)C)C4)cc12. The Morgan fingerprint density at radius 2 is 1.59 bits per heavy atom. The van der Waals surface area contributed by atoms with Crippen molar-refractivity contribution in [3.8, 4) is 11.3 Å². The predicted octanol–water partition coefficient (Wildman–Crippen LogP) is 6.96. The minimum absolute atomic E-state index is 0.121. The van der Waals surface area contributed by atoms with Crippen LogP contribution in [0.1, 0.15) is 58.2 Å². The van der Waals surface area contributed by atoms with E-state index in [0.717, 1.165) is 11.6 Å². The highest BCUT2D eigenvalue weighted by atomic mass is 14.7. The second-order valence-electron chi connectivity index (χ2n) is 10.3. The molecule has 1 aliphatic carbocycles. The van der Waals surface area contributed by atoms with Crippen LogP contribution in [0.5, 0.6) is 0 Å². The van der Waals surface area contributed by atoms with E-state index in [9.17, 15) is 0 Å². The van der Waals surface area contributed by atoms with E-state index in [2.05, 4.69) is 84.0 Å². The van der Waals surface area contributed by atoms with Crippen LogP contribution in [0.4, 0.5) is 0 Å². The summed E-state index contributed by atoms with van der Waals surface area (Å²) in [6, 6.07) is 15.8. The Morgan fingerprint density at radius 1 is 0.852 bits per heavy atom. The maximum Gasteiger partial charge on any atom is 0.0708 e. The van der Waals surface area contributed by atoms with Crippen LogP contribution in [0, 0.1) is 11.3 Å². The van der Waals surface area contributed by atoms with E-state index in [0.29, 0.717) is 5.41 Å². The van der Waals surface area contributed by atoms with Crippen molar-refractivity contribution in [3.63, 3.8) is 0 Å². The van der Waals surface area contributed by atoms with Crippen molar-refractivity contribution >= 4 is 10.8 Å². The summed E-state index contributed by atoms with van der Waals surface area (Å²) in [4.78, 5) is 4.79. The standard InChI is InChI=1S/C26H31N/c1-25(2,3)21-13-17-10-11-18(12-20(17)14-21)24-15-22-19(16-27-24)8-7-9-23(22)26(4,5)6/h7-12,15-16,21H,13-14H2,1-6H3. The fourth-order valence-corrected chi connectivity index (χ4v) is 4.37. The Kier molecular flexibility index (Phi) is 4.18. The molecule has 1 aliphatic rings. The molecule has 1 heteroatoms. The van der Waals surface area contributed by atoms with Crippen molar-refractivity contribution in [1.29, 1.82) is 0 Å². The maximum absolute atomic E-state index is 4.79. The van der Waals surface area contributed by atoms with Gasteiger partial charge >= 0.3 is 0 Å². The van der Waals surface area contributed by atoms with Crippen molar-refractivity contribution < 1.29 is 0 Å². The molecule has 3 aromatic rings. The molecular formula is C26H31N. The van der Waals surface area contributed by atoms with Gasteiger partial charge in [0.05, 0.1) is 5.69 Å². The molecule has 2 aromatic carbocycles. The average Bonchev–Trinajstić information content (AvgIpc) is 3.03. The van der Waals surface area contributed by atoms with Gasteiger partial charge in [0.2, 0.25) is 0 Å². The molecular weight excluding hydrogens is 326 g/mol. The van der Waals surface area contributed by atoms with Crippen LogP contribution in [-0.4, -0.2) is 4.98 Å². The number of hydrogen-bond donors (Lipinski definition) is 0. The molecule has 0 fully saturated rings. The molecule has 1 atom stereocenters. The zero-order valence-electron chi connectivity index (χ0n) is 17.6. The molecule has 0 N–H and O–H groups in total. The number of pyridine rings is 1. The summed E-state index contributed by atoms with van der Waals surface area (Å²) < 4.78 is 0. The minimum atomic E-state index is 0.121. The smallest absolute Gasteiger partial charge is 0.0708 e. The average molecular weight is 358 g/mol. The fourth-order valence-electron chi connectivity index (χ4n) is 4.37. The zero-order valence-corrected chi connectivity index (χ0v) is 17.6. The van der Waals surface area contributed by atoms with E-state index in [-0.39, 0.29) is 5.41 Å². The lowest BCUT2D eigenvalue weighted by atomic mass is 9.79. The molecule has 140 valence electrons. The summed E-state index contributed by atoms with van der Waals surface area (Å²) in [7, 11) is 0. The van der Waals surface area contributed by atoms with E-state index >= 15 is 0 Å². The summed E-state index contributed by atoms with van der Waals surface area (Å²) in [5.74, 6) is 0.736. The molecule has 0 spiro atoms. The molecule has 4 rings (SSSR count). The number of fused-ring (bicyclic) bond motifs is 2. The van der Waals surface area contributed by atoms with E-state index in [4.69, 9.17) is 4.98 Å². The van der Waals surface area contributed by atoms with E-state index in [1.165, 1.54) is 45.9 Å². The van der Waals surface area contributed by atoms with Crippen molar-refractivity contribution in [2.24, 2.45) is 11.3 Å². The van der Waals surface area contributed by atoms with Gasteiger partial charge < -0.3 is 0 Å². The van der Waals surface area contributed by atoms with Crippen molar-refractivity contribution in [2.45, 2.75) is 59.8 Å². The van der Waals surface area contributed by atoms with Gasteiger partial charge in [-0.05, 0) is 63.8 Å². The van der Waals surface area contributed by atoms with E-state index < -0.39 is 0 Å². The van der Waals surface area contributed by atoms with E-state index in [1.54, 1.807) is 0 Å². The number of rotatable bonds is 1. The summed E-state index contributed by atoms with van der Waals surface area (Å²) in [6.07, 6.45) is 4.43. The highest BCUT2D eigenvalue weighted by Crippen LogP contribution is 2.40. The second-order valence-corrected chi connectivity index (χ2v) is 10.3. The second kappa shape index (κ2) is 6.19. The summed E-state index contributed by atoms with van der Waals surface area (Å²) >= 11 is 0. The molecule has 1 unspecified atom stereocenters. The van der Waals surface area contributed by atoms with Gasteiger partial charge in [-0.1, -0.05) is 71.9 Å². The van der Waals surface area contributed by atoms with Gasteiger partial charge in [-0.2, -0.15) is 0 Å². The summed E-state index contributed by atoms with van der Waals surface area (Å²) in [5, 5.41) is 2.54. The molecule has 0 amide bonds. The number of nitrogens with zero attached hydrogens (tertiary/aromatic N) is 1. The lowest BCUT2D eigenvalue weighted by Gasteiger charge is -2.26. The van der Waals surface area contributed by atoms with Crippen LogP contribution < -0.4 is 0 Å². The topological polar surface area (TPSA) is 12.9 Å². The lowest BCUT2D eigenvalue weighted by molar-refractivity contribution is 0.251. The Bertz CT molecular complexity index is 999. The van der Waals surface area contributed by atoms with Gasteiger partial charge in [0.1, 0.15) is 0 Å². The first-order valence-electron chi connectivity index (χ1n) is 10.1. The molecule has 0 radical (unpaired) electrons. The molecule has 0 bridgehead atoms. The first kappa shape index (κ1) is 18.2. The molecule has 1 heterocycles. The Morgan fingerprint density at radius 3 is 2.30 bits per heavy atom. The van der Waals surface area contributed by atoms with Crippen molar-refractivity contribution in [1.82, 2.24) is 4.98 Å². The summed E-state index contributed by atoms with van der Waals surface area (Å²) in [6.45, 7) is 13.9. The molecule has 0 saturated heterocycles. The molecule has 27 heavy (non-hydrogen) atoms. The van der Waals surface area contributed by atoms with Crippen LogP contribution in [-0.2, 0) is 18.3 Å². The van der Waals surface area contributed by atoms with Gasteiger partial charge in [0.15, 0.2) is 0 Å². The van der Waals surface area contributed by atoms with E-state index in [1.807, 2.05) is 6.20 Å². The van der Waals surface area contributed by atoms with Crippen LogP contribution in [0.15, 0.2) is 48.7 Å². The highest BCUT2D eigenvalue weighted by molar-refractivity contribution is 5.89. The number of hydrogen-bond acceptors (Lipinski definition) is 1. The van der Waals surface area contributed by atoms with Crippen LogP contribution in [0.25, 0.3) is 22.0 Å². The van der Waals surface area contributed by atoms with Gasteiger partial charge in [-0.15, -0.1) is 0 Å². The Labute approximate surface area is 163 Å². The maximum atomic E-state index is 4.79. The fraction of sp³-hybridized carbons (Fsp3) is 0.423. The van der Waals surface area contributed by atoms with Gasteiger partial charge in [0.25, 0.3) is 0 Å². The molecule has 1 nitrogen and oxygen atoms in total. The third-order valence-corrected chi connectivity index (χ3v) is 6.23. The Balaban J connectivity index is 1.76. The Hall–Kier alpha value is -2.15. The normalized spacial score (nSPS) is 17.3. The molecule has 1 aromatic heterocycles. The zero-order chi connectivity index (χ0) is 19.4. The number of benzene rings is 2. The first-order valence-corrected chi connectivity index (χ1v) is 10.1. The first-order chi connectivity index (χ1) is 12.6.